The highest BCUT2D eigenvalue weighted by Crippen LogP contribution is 2.19. The number of carbonyl (C=O) groups is 1. The molecule has 0 saturated carbocycles. The fraction of sp³-hybridized carbons (Fsp3) is 0.571. The van der Waals surface area contributed by atoms with Gasteiger partial charge in [0.05, 0.1) is 17.9 Å². The highest BCUT2D eigenvalue weighted by Gasteiger charge is 2.24. The van der Waals surface area contributed by atoms with Gasteiger partial charge in [0.25, 0.3) is 0 Å². The van der Waals surface area contributed by atoms with Crippen molar-refractivity contribution in [1.29, 1.82) is 0 Å². The molecule has 1 rings (SSSR count). The number of rotatable bonds is 1. The number of carbonyl (C=O) groups excluding carboxylic acids is 1. The zero-order valence-electron chi connectivity index (χ0n) is 6.79. The van der Waals surface area contributed by atoms with Gasteiger partial charge in [-0.05, 0) is 0 Å². The molecule has 1 aromatic rings. The Kier molecular flexibility index (Phi) is 2.04. The summed E-state index contributed by atoms with van der Waals surface area (Å²) in [5.41, 5.74) is 0.123. The van der Waals surface area contributed by atoms with Crippen LogP contribution in [0, 0.1) is 5.41 Å². The van der Waals surface area contributed by atoms with E-state index in [1.165, 1.54) is 6.20 Å². The number of aromatic nitrogens is 2. The Morgan fingerprint density at radius 3 is 2.55 bits per heavy atom. The van der Waals surface area contributed by atoms with Crippen molar-refractivity contribution in [3.05, 3.63) is 11.9 Å². The van der Waals surface area contributed by atoms with Crippen LogP contribution in [0.1, 0.15) is 31.3 Å². The second-order valence-corrected chi connectivity index (χ2v) is 3.93. The van der Waals surface area contributed by atoms with Crippen LogP contribution in [-0.4, -0.2) is 14.5 Å². The standard InChI is InChI=1S/C7H10N2OS/c1-7(2,3)6(10)5-4-8-11-9-5/h4H,1-3H3. The summed E-state index contributed by atoms with van der Waals surface area (Å²) in [4.78, 5) is 11.4. The monoisotopic (exact) mass is 170 g/mol. The molecule has 0 unspecified atom stereocenters. The minimum Gasteiger partial charge on any atom is -0.292 e. The van der Waals surface area contributed by atoms with Gasteiger partial charge < -0.3 is 0 Å². The topological polar surface area (TPSA) is 42.9 Å². The molecule has 0 aliphatic carbocycles. The minimum atomic E-state index is -0.351. The molecule has 0 N–H and O–H groups in total. The second kappa shape index (κ2) is 2.70. The third-order valence-electron chi connectivity index (χ3n) is 1.28. The summed E-state index contributed by atoms with van der Waals surface area (Å²) in [6.45, 7) is 5.61. The van der Waals surface area contributed by atoms with Gasteiger partial charge in [0.15, 0.2) is 5.78 Å². The van der Waals surface area contributed by atoms with Crippen molar-refractivity contribution >= 4 is 17.5 Å². The highest BCUT2D eigenvalue weighted by molar-refractivity contribution is 6.99. The number of Topliss-reactive ketones (excluding diaryl/α,β-unsaturated/α-hetero) is 1. The molecular weight excluding hydrogens is 160 g/mol. The maximum atomic E-state index is 11.4. The molecule has 1 aromatic heterocycles. The lowest BCUT2D eigenvalue weighted by Crippen LogP contribution is -2.20. The lowest BCUT2D eigenvalue weighted by atomic mass is 9.89. The Labute approximate surface area is 69.8 Å². The van der Waals surface area contributed by atoms with Gasteiger partial charge in [0.2, 0.25) is 0 Å². The predicted molar refractivity (Wildman–Crippen MR) is 43.7 cm³/mol. The quantitative estimate of drug-likeness (QED) is 0.603. The fourth-order valence-electron chi connectivity index (χ4n) is 0.649. The first-order valence-corrected chi connectivity index (χ1v) is 4.07. The fourth-order valence-corrected chi connectivity index (χ4v) is 1.06. The Bertz CT molecular complexity index is 248. The molecule has 0 spiro atoms. The van der Waals surface area contributed by atoms with Gasteiger partial charge in [0, 0.05) is 5.41 Å². The van der Waals surface area contributed by atoms with Crippen molar-refractivity contribution < 1.29 is 4.79 Å². The lowest BCUT2D eigenvalue weighted by Gasteiger charge is -2.13. The Morgan fingerprint density at radius 2 is 2.18 bits per heavy atom. The van der Waals surface area contributed by atoms with Gasteiger partial charge in [0.1, 0.15) is 5.69 Å². The lowest BCUT2D eigenvalue weighted by molar-refractivity contribution is 0.0854. The second-order valence-electron chi connectivity index (χ2n) is 3.37. The summed E-state index contributed by atoms with van der Waals surface area (Å²) in [6.07, 6.45) is 1.51. The van der Waals surface area contributed by atoms with Crippen LogP contribution in [0.25, 0.3) is 0 Å². The number of hydrogen-bond donors (Lipinski definition) is 0. The first kappa shape index (κ1) is 8.33. The third-order valence-corrected chi connectivity index (χ3v) is 1.75. The van der Waals surface area contributed by atoms with E-state index in [4.69, 9.17) is 0 Å². The normalized spacial score (nSPS) is 11.5. The summed E-state index contributed by atoms with van der Waals surface area (Å²) in [5, 5.41) is 0. The van der Waals surface area contributed by atoms with Crippen molar-refractivity contribution in [2.75, 3.05) is 0 Å². The van der Waals surface area contributed by atoms with E-state index in [1.807, 2.05) is 20.8 Å². The number of hydrogen-bond acceptors (Lipinski definition) is 4. The third kappa shape index (κ3) is 1.83. The first-order valence-electron chi connectivity index (χ1n) is 3.34. The van der Waals surface area contributed by atoms with E-state index < -0.39 is 0 Å². The van der Waals surface area contributed by atoms with E-state index in [0.29, 0.717) is 5.69 Å². The number of nitrogens with zero attached hydrogens (tertiary/aromatic N) is 2. The largest absolute Gasteiger partial charge is 0.292 e. The highest BCUT2D eigenvalue weighted by atomic mass is 32.1. The summed E-state index contributed by atoms with van der Waals surface area (Å²) in [7, 11) is 0. The molecule has 3 nitrogen and oxygen atoms in total. The molecular formula is C7H10N2OS. The molecule has 0 bridgehead atoms. The Balaban J connectivity index is 2.88. The van der Waals surface area contributed by atoms with E-state index >= 15 is 0 Å². The van der Waals surface area contributed by atoms with E-state index in [2.05, 4.69) is 8.75 Å². The van der Waals surface area contributed by atoms with Crippen LogP contribution in [0.5, 0.6) is 0 Å². The van der Waals surface area contributed by atoms with Crippen LogP contribution in [0.4, 0.5) is 0 Å². The van der Waals surface area contributed by atoms with Crippen molar-refractivity contribution in [3.8, 4) is 0 Å². The molecule has 11 heavy (non-hydrogen) atoms. The summed E-state index contributed by atoms with van der Waals surface area (Å²) >= 11 is 1.06. The van der Waals surface area contributed by atoms with E-state index in [0.717, 1.165) is 11.7 Å². The van der Waals surface area contributed by atoms with Crippen LogP contribution in [-0.2, 0) is 0 Å². The molecule has 60 valence electrons. The summed E-state index contributed by atoms with van der Waals surface area (Å²) in [6, 6.07) is 0. The zero-order valence-corrected chi connectivity index (χ0v) is 7.60. The molecule has 0 aromatic carbocycles. The molecule has 0 aliphatic heterocycles. The van der Waals surface area contributed by atoms with E-state index in [-0.39, 0.29) is 11.2 Å². The van der Waals surface area contributed by atoms with Crippen molar-refractivity contribution in [1.82, 2.24) is 8.75 Å². The van der Waals surface area contributed by atoms with Crippen molar-refractivity contribution in [2.24, 2.45) is 5.41 Å². The summed E-state index contributed by atoms with van der Waals surface area (Å²) in [5.74, 6) is 0.0475. The summed E-state index contributed by atoms with van der Waals surface area (Å²) < 4.78 is 7.63. The minimum absolute atomic E-state index is 0.0475. The van der Waals surface area contributed by atoms with Gasteiger partial charge in [-0.2, -0.15) is 8.75 Å². The smallest absolute Gasteiger partial charge is 0.189 e. The molecule has 0 radical (unpaired) electrons. The SMILES string of the molecule is CC(C)(C)C(=O)c1cnsn1. The zero-order chi connectivity index (χ0) is 8.48. The van der Waals surface area contributed by atoms with Crippen molar-refractivity contribution in [2.45, 2.75) is 20.8 Å². The maximum Gasteiger partial charge on any atom is 0.189 e. The van der Waals surface area contributed by atoms with Crippen LogP contribution >= 0.6 is 11.7 Å². The van der Waals surface area contributed by atoms with Gasteiger partial charge in [-0.25, -0.2) is 0 Å². The van der Waals surface area contributed by atoms with Gasteiger partial charge in [-0.1, -0.05) is 20.8 Å². The Hall–Kier alpha value is -0.770. The first-order chi connectivity index (χ1) is 5.02. The molecule has 0 fully saturated rings. The van der Waals surface area contributed by atoms with E-state index in [1.54, 1.807) is 0 Å². The van der Waals surface area contributed by atoms with Gasteiger partial charge >= 0.3 is 0 Å². The average Bonchev–Trinajstić information content (AvgIpc) is 2.34. The van der Waals surface area contributed by atoms with Crippen molar-refractivity contribution in [3.63, 3.8) is 0 Å². The Morgan fingerprint density at radius 1 is 1.55 bits per heavy atom. The van der Waals surface area contributed by atoms with Gasteiger partial charge in [-0.15, -0.1) is 0 Å². The molecule has 0 saturated heterocycles. The van der Waals surface area contributed by atoms with Crippen LogP contribution in [0.2, 0.25) is 0 Å². The average molecular weight is 170 g/mol. The van der Waals surface area contributed by atoms with E-state index in [9.17, 15) is 4.79 Å². The van der Waals surface area contributed by atoms with Crippen LogP contribution < -0.4 is 0 Å². The van der Waals surface area contributed by atoms with Crippen LogP contribution in [0.15, 0.2) is 6.20 Å². The predicted octanol–water partition coefficient (Wildman–Crippen LogP) is 1.77. The molecule has 1 heterocycles. The maximum absolute atomic E-state index is 11.4. The molecule has 4 heteroatoms. The molecule has 0 aliphatic rings. The van der Waals surface area contributed by atoms with Crippen LogP contribution in [0.3, 0.4) is 0 Å². The number of ketones is 1. The van der Waals surface area contributed by atoms with Gasteiger partial charge in [-0.3, -0.25) is 4.79 Å². The molecule has 0 amide bonds. The molecule has 0 atom stereocenters.